The largest absolute Gasteiger partial charge is 0.491 e. The van der Waals surface area contributed by atoms with Gasteiger partial charge in [0.1, 0.15) is 36.8 Å². The molecule has 1 aliphatic heterocycles. The summed E-state index contributed by atoms with van der Waals surface area (Å²) < 4.78 is 16.4. The maximum Gasteiger partial charge on any atom is 0.323 e. The molecule has 4 atom stereocenters. The number of aliphatic carboxylic acids is 3. The molecule has 2 rings (SSSR count). The zero-order valence-corrected chi connectivity index (χ0v) is 29.5. The standard InChI is InChI=1S/C32H52N4O13.CH4O/c1-2-47-15-16-48-17-18-49-26-5-3-24(4-6-26)19-27(30(41)42)34-9-7-33(25(20-37)21-38)8-10-35(28(22-39)31(43)44)13-14-36(12-11-34)29(23-40)32(45)46;1-2/h3-6,20,25,27-29,38-40H,2,7-19,21-23H2,1H3,(H,41,42)(H,43,44)(H,45,46);2H,1H3. The fourth-order valence-electron chi connectivity index (χ4n) is 5.59. The summed E-state index contributed by atoms with van der Waals surface area (Å²) in [6.45, 7) is 2.52. The Morgan fingerprint density at radius 2 is 1.06 bits per heavy atom. The van der Waals surface area contributed by atoms with Crippen molar-refractivity contribution in [1.82, 2.24) is 19.6 Å². The van der Waals surface area contributed by atoms with Gasteiger partial charge in [-0.2, -0.15) is 0 Å². The number of carbonyl (C=O) groups is 4. The molecule has 4 unspecified atom stereocenters. The molecule has 51 heavy (non-hydrogen) atoms. The molecule has 0 radical (unpaired) electrons. The molecule has 18 heteroatoms. The third-order valence-electron chi connectivity index (χ3n) is 8.46. The van der Waals surface area contributed by atoms with E-state index in [1.54, 1.807) is 34.1 Å². The van der Waals surface area contributed by atoms with Gasteiger partial charge in [-0.1, -0.05) is 12.1 Å². The predicted molar refractivity (Wildman–Crippen MR) is 183 cm³/mol. The normalized spacial score (nSPS) is 18.2. The number of aldehydes is 1. The highest BCUT2D eigenvalue weighted by atomic mass is 16.5. The van der Waals surface area contributed by atoms with Gasteiger partial charge >= 0.3 is 17.9 Å². The first kappa shape index (κ1) is 45.7. The van der Waals surface area contributed by atoms with Gasteiger partial charge in [0, 0.05) is 66.1 Å². The smallest absolute Gasteiger partial charge is 0.323 e. The van der Waals surface area contributed by atoms with Crippen LogP contribution in [0.3, 0.4) is 0 Å². The van der Waals surface area contributed by atoms with Crippen molar-refractivity contribution in [3.63, 3.8) is 0 Å². The Morgan fingerprint density at radius 3 is 1.45 bits per heavy atom. The summed E-state index contributed by atoms with van der Waals surface area (Å²) in [5.74, 6) is -3.15. The molecule has 1 saturated heterocycles. The summed E-state index contributed by atoms with van der Waals surface area (Å²) in [4.78, 5) is 54.7. The van der Waals surface area contributed by atoms with Crippen LogP contribution in [0.4, 0.5) is 0 Å². The van der Waals surface area contributed by atoms with Crippen molar-refractivity contribution in [3.05, 3.63) is 29.8 Å². The van der Waals surface area contributed by atoms with Gasteiger partial charge in [0.2, 0.25) is 0 Å². The number of ether oxygens (including phenoxy) is 3. The van der Waals surface area contributed by atoms with Gasteiger partial charge in [-0.3, -0.25) is 34.0 Å². The minimum Gasteiger partial charge on any atom is -0.491 e. The summed E-state index contributed by atoms with van der Waals surface area (Å²) in [5.41, 5.74) is 0.701. The first-order chi connectivity index (χ1) is 24.6. The monoisotopic (exact) mass is 732 g/mol. The van der Waals surface area contributed by atoms with E-state index in [4.69, 9.17) is 19.3 Å². The number of aliphatic hydroxyl groups is 4. The fraction of sp³-hybridized carbons (Fsp3) is 0.697. The van der Waals surface area contributed by atoms with Crippen molar-refractivity contribution in [2.24, 2.45) is 0 Å². The van der Waals surface area contributed by atoms with Crippen LogP contribution >= 0.6 is 0 Å². The zero-order valence-electron chi connectivity index (χ0n) is 29.5. The van der Waals surface area contributed by atoms with Crippen LogP contribution in [0, 0.1) is 0 Å². The summed E-state index contributed by atoms with van der Waals surface area (Å²) in [6, 6.07) is 2.28. The summed E-state index contributed by atoms with van der Waals surface area (Å²) in [7, 11) is 1.00. The SMILES string of the molecule is CCOCCOCCOc1ccc(CC(C(=O)O)N2CCN(C(C=O)CO)CCN(C(CO)C(=O)O)CCN(C(CO)C(=O)O)CC2)cc1.CO. The van der Waals surface area contributed by atoms with Crippen LogP contribution < -0.4 is 4.74 Å². The highest BCUT2D eigenvalue weighted by Gasteiger charge is 2.33. The van der Waals surface area contributed by atoms with E-state index in [9.17, 15) is 49.8 Å². The van der Waals surface area contributed by atoms with Crippen molar-refractivity contribution >= 4 is 24.2 Å². The number of nitrogens with zero attached hydrogens (tertiary/aromatic N) is 4. The molecule has 0 saturated carbocycles. The van der Waals surface area contributed by atoms with Crippen LogP contribution in [0.15, 0.2) is 24.3 Å². The third kappa shape index (κ3) is 16.3. The Kier molecular flexibility index (Phi) is 23.7. The van der Waals surface area contributed by atoms with Gasteiger partial charge in [0.25, 0.3) is 0 Å². The number of carboxylic acid groups (broad SMARTS) is 3. The molecule has 0 spiro atoms. The van der Waals surface area contributed by atoms with Gasteiger partial charge in [-0.25, -0.2) is 0 Å². The van der Waals surface area contributed by atoms with Crippen molar-refractivity contribution in [2.45, 2.75) is 37.5 Å². The van der Waals surface area contributed by atoms with E-state index < -0.39 is 61.9 Å². The van der Waals surface area contributed by atoms with Crippen LogP contribution in [0.1, 0.15) is 12.5 Å². The molecular formula is C33H56N4O14. The minimum absolute atomic E-state index is 0.00252. The van der Waals surface area contributed by atoms with E-state index in [0.717, 1.165) is 7.11 Å². The number of carbonyl (C=O) groups excluding carboxylic acids is 1. The van der Waals surface area contributed by atoms with Crippen LogP contribution in [-0.4, -0.2) is 216 Å². The molecule has 18 nitrogen and oxygen atoms in total. The molecule has 0 bridgehead atoms. The van der Waals surface area contributed by atoms with E-state index >= 15 is 0 Å². The predicted octanol–water partition coefficient (Wildman–Crippen LogP) is -2.60. The highest BCUT2D eigenvalue weighted by molar-refractivity contribution is 5.74. The van der Waals surface area contributed by atoms with Gasteiger partial charge in [0.05, 0.1) is 45.7 Å². The van der Waals surface area contributed by atoms with E-state index in [2.05, 4.69) is 0 Å². The fourth-order valence-corrected chi connectivity index (χ4v) is 5.59. The van der Waals surface area contributed by atoms with E-state index in [0.29, 0.717) is 50.6 Å². The second-order valence-corrected chi connectivity index (χ2v) is 11.5. The average Bonchev–Trinajstić information content (AvgIpc) is 3.11. The van der Waals surface area contributed by atoms with Crippen molar-refractivity contribution in [2.75, 3.05) is 112 Å². The number of hydrogen-bond acceptors (Lipinski definition) is 15. The van der Waals surface area contributed by atoms with Gasteiger partial charge in [-0.05, 0) is 31.0 Å². The molecule has 1 aromatic rings. The molecule has 292 valence electrons. The number of benzene rings is 1. The number of rotatable bonds is 21. The molecule has 1 heterocycles. The van der Waals surface area contributed by atoms with Crippen molar-refractivity contribution in [1.29, 1.82) is 0 Å². The summed E-state index contributed by atoms with van der Waals surface area (Å²) >= 11 is 0. The van der Waals surface area contributed by atoms with Gasteiger partial charge < -0.3 is 54.8 Å². The summed E-state index contributed by atoms with van der Waals surface area (Å²) in [6.07, 6.45) is 0.646. The van der Waals surface area contributed by atoms with Gasteiger partial charge in [0.15, 0.2) is 0 Å². The average molecular weight is 733 g/mol. The topological polar surface area (TPSA) is 251 Å². The van der Waals surface area contributed by atoms with E-state index in [1.165, 1.54) is 9.80 Å². The Bertz CT molecular complexity index is 1130. The first-order valence-corrected chi connectivity index (χ1v) is 16.8. The quantitative estimate of drug-likeness (QED) is 0.0505. The molecular weight excluding hydrogens is 676 g/mol. The Balaban J connectivity index is 0.00000638. The molecule has 1 fully saturated rings. The molecule has 0 aliphatic carbocycles. The Hall–Kier alpha value is -3.30. The maximum atomic E-state index is 12.7. The second kappa shape index (κ2) is 26.5. The van der Waals surface area contributed by atoms with Crippen LogP contribution in [-0.2, 0) is 35.1 Å². The minimum atomic E-state index is -1.35. The third-order valence-corrected chi connectivity index (χ3v) is 8.46. The molecule has 0 aromatic heterocycles. The van der Waals surface area contributed by atoms with Crippen LogP contribution in [0.25, 0.3) is 0 Å². The maximum absolute atomic E-state index is 12.7. The second-order valence-electron chi connectivity index (χ2n) is 11.5. The van der Waals surface area contributed by atoms with Gasteiger partial charge in [-0.15, -0.1) is 0 Å². The lowest BCUT2D eigenvalue weighted by atomic mass is 10.0. The number of hydrogen-bond donors (Lipinski definition) is 7. The lowest BCUT2D eigenvalue weighted by molar-refractivity contribution is -0.148. The van der Waals surface area contributed by atoms with E-state index in [-0.39, 0.29) is 58.8 Å². The molecule has 1 aliphatic rings. The lowest BCUT2D eigenvalue weighted by Crippen LogP contribution is -2.57. The van der Waals surface area contributed by atoms with Crippen molar-refractivity contribution in [3.8, 4) is 5.75 Å². The Morgan fingerprint density at radius 1 is 0.647 bits per heavy atom. The summed E-state index contributed by atoms with van der Waals surface area (Å²) in [5, 5.41) is 66.6. The number of aliphatic hydroxyl groups excluding tert-OH is 4. The molecule has 7 N–H and O–H groups in total. The zero-order chi connectivity index (χ0) is 38.2. The van der Waals surface area contributed by atoms with E-state index in [1.807, 2.05) is 6.92 Å². The first-order valence-electron chi connectivity index (χ1n) is 16.8. The Labute approximate surface area is 298 Å². The van der Waals surface area contributed by atoms with Crippen molar-refractivity contribution < 1.29 is 69.1 Å². The van der Waals surface area contributed by atoms with Crippen LogP contribution in [0.5, 0.6) is 5.75 Å². The highest BCUT2D eigenvalue weighted by Crippen LogP contribution is 2.17. The lowest BCUT2D eigenvalue weighted by Gasteiger charge is -2.39. The molecule has 1 aromatic carbocycles. The van der Waals surface area contributed by atoms with Crippen LogP contribution in [0.2, 0.25) is 0 Å². The molecule has 0 amide bonds. The number of carboxylic acids is 3.